The first-order valence-electron chi connectivity index (χ1n) is 8.11. The maximum Gasteiger partial charge on any atom is 0.415 e. The van der Waals surface area contributed by atoms with Gasteiger partial charge in [-0.2, -0.15) is 0 Å². The lowest BCUT2D eigenvalue weighted by atomic mass is 10.1. The molecule has 0 bridgehead atoms. The standard InChI is InChI=1S/C16H22N4O4/c1-16(2,3)24-15(22)19-6-4-5-12(19)11-9-18-13(10-17-11)20-7-8-23-14(20)21/h9-10,12H,4-8H2,1-3H3. The normalized spacial score (nSPS) is 21.1. The highest BCUT2D eigenvalue weighted by Gasteiger charge is 2.34. The molecule has 3 rings (SSSR count). The molecule has 24 heavy (non-hydrogen) atoms. The molecule has 1 unspecified atom stereocenters. The van der Waals surface area contributed by atoms with Gasteiger partial charge in [0.15, 0.2) is 5.82 Å². The Labute approximate surface area is 140 Å². The van der Waals surface area contributed by atoms with Gasteiger partial charge in [0, 0.05) is 6.54 Å². The first kappa shape index (κ1) is 16.5. The fourth-order valence-corrected chi connectivity index (χ4v) is 2.86. The summed E-state index contributed by atoms with van der Waals surface area (Å²) < 4.78 is 10.4. The third kappa shape index (κ3) is 3.42. The van der Waals surface area contributed by atoms with Crippen LogP contribution in [-0.4, -0.2) is 52.4 Å². The van der Waals surface area contributed by atoms with E-state index in [1.807, 2.05) is 20.8 Å². The molecule has 0 saturated carbocycles. The average Bonchev–Trinajstić information content (AvgIpc) is 3.14. The van der Waals surface area contributed by atoms with Crippen molar-refractivity contribution >= 4 is 18.0 Å². The molecule has 2 aliphatic rings. The lowest BCUT2D eigenvalue weighted by Crippen LogP contribution is -2.36. The van der Waals surface area contributed by atoms with Gasteiger partial charge in [-0.25, -0.2) is 14.6 Å². The fourth-order valence-electron chi connectivity index (χ4n) is 2.86. The second-order valence-corrected chi connectivity index (χ2v) is 6.90. The molecule has 2 amide bonds. The van der Waals surface area contributed by atoms with E-state index in [4.69, 9.17) is 9.47 Å². The van der Waals surface area contributed by atoms with Gasteiger partial charge in [0.05, 0.1) is 30.7 Å². The zero-order valence-electron chi connectivity index (χ0n) is 14.2. The minimum atomic E-state index is -0.532. The van der Waals surface area contributed by atoms with Gasteiger partial charge in [-0.15, -0.1) is 0 Å². The van der Waals surface area contributed by atoms with Gasteiger partial charge in [-0.05, 0) is 33.6 Å². The Hall–Kier alpha value is -2.38. The monoisotopic (exact) mass is 334 g/mol. The number of hydrogen-bond acceptors (Lipinski definition) is 6. The second kappa shape index (κ2) is 6.26. The molecule has 2 aliphatic heterocycles. The van der Waals surface area contributed by atoms with Crippen LogP contribution in [0.1, 0.15) is 45.3 Å². The summed E-state index contributed by atoms with van der Waals surface area (Å²) in [5.74, 6) is 0.461. The summed E-state index contributed by atoms with van der Waals surface area (Å²) in [6.45, 7) is 7.01. The summed E-state index contributed by atoms with van der Waals surface area (Å²) in [6.07, 6.45) is 4.14. The number of ether oxygens (including phenoxy) is 2. The Kier molecular flexibility index (Phi) is 4.29. The largest absolute Gasteiger partial charge is 0.447 e. The van der Waals surface area contributed by atoms with Crippen LogP contribution in [0.3, 0.4) is 0 Å². The number of nitrogens with zero attached hydrogens (tertiary/aromatic N) is 4. The van der Waals surface area contributed by atoms with Crippen LogP contribution in [0.15, 0.2) is 12.4 Å². The molecule has 130 valence electrons. The maximum absolute atomic E-state index is 12.3. The molecule has 3 heterocycles. The van der Waals surface area contributed by atoms with Gasteiger partial charge in [0.1, 0.15) is 12.2 Å². The van der Waals surface area contributed by atoms with Crippen molar-refractivity contribution in [2.24, 2.45) is 0 Å². The minimum absolute atomic E-state index is 0.146. The van der Waals surface area contributed by atoms with Crippen molar-refractivity contribution < 1.29 is 19.1 Å². The first-order valence-corrected chi connectivity index (χ1v) is 8.11. The number of rotatable bonds is 2. The predicted molar refractivity (Wildman–Crippen MR) is 85.6 cm³/mol. The van der Waals surface area contributed by atoms with Crippen LogP contribution in [0.5, 0.6) is 0 Å². The molecule has 1 aromatic rings. The van der Waals surface area contributed by atoms with Gasteiger partial charge < -0.3 is 9.47 Å². The number of likely N-dealkylation sites (tertiary alicyclic amines) is 1. The molecule has 0 aliphatic carbocycles. The summed E-state index contributed by atoms with van der Waals surface area (Å²) in [7, 11) is 0. The van der Waals surface area contributed by atoms with Crippen molar-refractivity contribution in [3.63, 3.8) is 0 Å². The van der Waals surface area contributed by atoms with Gasteiger partial charge in [-0.1, -0.05) is 0 Å². The Morgan fingerprint density at radius 2 is 2.08 bits per heavy atom. The molecule has 2 fully saturated rings. The van der Waals surface area contributed by atoms with Crippen LogP contribution >= 0.6 is 0 Å². The van der Waals surface area contributed by atoms with E-state index in [-0.39, 0.29) is 12.1 Å². The molecular weight excluding hydrogens is 312 g/mol. The van der Waals surface area contributed by atoms with Gasteiger partial charge in [0.25, 0.3) is 0 Å². The third-order valence-corrected chi connectivity index (χ3v) is 3.92. The number of aromatic nitrogens is 2. The highest BCUT2D eigenvalue weighted by atomic mass is 16.6. The Morgan fingerprint density at radius 3 is 2.67 bits per heavy atom. The van der Waals surface area contributed by atoms with Crippen molar-refractivity contribution in [2.45, 2.75) is 45.3 Å². The lowest BCUT2D eigenvalue weighted by Gasteiger charge is -2.28. The van der Waals surface area contributed by atoms with Crippen LogP contribution in [0.25, 0.3) is 0 Å². The molecule has 8 heteroatoms. The average molecular weight is 334 g/mol. The molecule has 1 atom stereocenters. The molecule has 0 radical (unpaired) electrons. The summed E-state index contributed by atoms with van der Waals surface area (Å²) in [4.78, 5) is 35.8. The first-order chi connectivity index (χ1) is 11.3. The number of carbonyl (C=O) groups excluding carboxylic acids is 2. The summed E-state index contributed by atoms with van der Waals surface area (Å²) in [6, 6.07) is -0.146. The molecule has 0 spiro atoms. The third-order valence-electron chi connectivity index (χ3n) is 3.92. The molecule has 8 nitrogen and oxygen atoms in total. The number of cyclic esters (lactones) is 1. The van der Waals surface area contributed by atoms with Crippen molar-refractivity contribution in [2.75, 3.05) is 24.6 Å². The smallest absolute Gasteiger partial charge is 0.415 e. The van der Waals surface area contributed by atoms with E-state index in [0.29, 0.717) is 31.2 Å². The van der Waals surface area contributed by atoms with Gasteiger partial charge >= 0.3 is 12.2 Å². The number of anilines is 1. The number of carbonyl (C=O) groups is 2. The zero-order chi connectivity index (χ0) is 17.3. The van der Waals surface area contributed by atoms with Crippen molar-refractivity contribution in [3.8, 4) is 0 Å². The Bertz CT molecular complexity index is 626. The fraction of sp³-hybridized carbons (Fsp3) is 0.625. The maximum atomic E-state index is 12.3. The van der Waals surface area contributed by atoms with Gasteiger partial charge in [-0.3, -0.25) is 14.8 Å². The van der Waals surface area contributed by atoms with E-state index >= 15 is 0 Å². The Balaban J connectivity index is 1.73. The van der Waals surface area contributed by atoms with E-state index in [1.54, 1.807) is 17.3 Å². The molecule has 1 aromatic heterocycles. The van der Waals surface area contributed by atoms with E-state index < -0.39 is 11.7 Å². The van der Waals surface area contributed by atoms with E-state index in [9.17, 15) is 9.59 Å². The summed E-state index contributed by atoms with van der Waals surface area (Å²) >= 11 is 0. The van der Waals surface area contributed by atoms with E-state index in [1.165, 1.54) is 4.90 Å². The molecular formula is C16H22N4O4. The molecule has 0 N–H and O–H groups in total. The minimum Gasteiger partial charge on any atom is -0.447 e. The molecule has 0 aromatic carbocycles. The van der Waals surface area contributed by atoms with Crippen molar-refractivity contribution in [1.82, 2.24) is 14.9 Å². The van der Waals surface area contributed by atoms with Crippen LogP contribution in [0.2, 0.25) is 0 Å². The number of amides is 2. The van der Waals surface area contributed by atoms with E-state index in [2.05, 4.69) is 9.97 Å². The summed E-state index contributed by atoms with van der Waals surface area (Å²) in [5.41, 5.74) is 0.172. The zero-order valence-corrected chi connectivity index (χ0v) is 14.2. The van der Waals surface area contributed by atoms with Crippen molar-refractivity contribution in [3.05, 3.63) is 18.1 Å². The van der Waals surface area contributed by atoms with Gasteiger partial charge in [0.2, 0.25) is 0 Å². The number of hydrogen-bond donors (Lipinski definition) is 0. The SMILES string of the molecule is CC(C)(C)OC(=O)N1CCCC1c1cnc(N2CCOC2=O)cn1. The molecule has 2 saturated heterocycles. The van der Waals surface area contributed by atoms with Crippen LogP contribution < -0.4 is 4.90 Å². The second-order valence-electron chi connectivity index (χ2n) is 6.90. The summed E-state index contributed by atoms with van der Waals surface area (Å²) in [5, 5.41) is 0. The highest BCUT2D eigenvalue weighted by molar-refractivity contribution is 5.87. The predicted octanol–water partition coefficient (Wildman–Crippen LogP) is 2.51. The van der Waals surface area contributed by atoms with Crippen LogP contribution in [0.4, 0.5) is 15.4 Å². The quantitative estimate of drug-likeness (QED) is 0.826. The van der Waals surface area contributed by atoms with Crippen LogP contribution in [0, 0.1) is 0 Å². The Morgan fingerprint density at radius 1 is 1.29 bits per heavy atom. The topological polar surface area (TPSA) is 84.9 Å². The highest BCUT2D eigenvalue weighted by Crippen LogP contribution is 2.32. The van der Waals surface area contributed by atoms with Crippen LogP contribution in [-0.2, 0) is 9.47 Å². The van der Waals surface area contributed by atoms with Crippen molar-refractivity contribution in [1.29, 1.82) is 0 Å². The lowest BCUT2D eigenvalue weighted by molar-refractivity contribution is 0.0221. The van der Waals surface area contributed by atoms with E-state index in [0.717, 1.165) is 12.8 Å².